The number of carbonyl (C=O) groups excluding carboxylic acids is 1. The highest BCUT2D eigenvalue weighted by Crippen LogP contribution is 2.33. The molecule has 0 aliphatic rings. The number of rotatable bonds is 3. The number of benzene rings is 2. The average Bonchev–Trinajstić information content (AvgIpc) is 2.41. The van der Waals surface area contributed by atoms with E-state index in [9.17, 15) is 9.90 Å². The van der Waals surface area contributed by atoms with E-state index in [0.717, 1.165) is 15.7 Å². The molecule has 0 aliphatic carbocycles. The molecule has 2 rings (SSSR count). The van der Waals surface area contributed by atoms with Gasteiger partial charge in [0.05, 0.1) is 7.11 Å². The molecule has 0 bridgehead atoms. The molecule has 2 aromatic carbocycles. The van der Waals surface area contributed by atoms with Crippen LogP contribution in [-0.2, 0) is 9.53 Å². The zero-order chi connectivity index (χ0) is 13.0. The van der Waals surface area contributed by atoms with Gasteiger partial charge in [0.25, 0.3) is 0 Å². The summed E-state index contributed by atoms with van der Waals surface area (Å²) in [5.74, 6) is -0.127. The van der Waals surface area contributed by atoms with Crippen LogP contribution in [0.5, 0.6) is 5.75 Å². The van der Waals surface area contributed by atoms with E-state index >= 15 is 0 Å². The van der Waals surface area contributed by atoms with Crippen LogP contribution in [0, 0.1) is 0 Å². The number of ether oxygens (including phenoxy) is 1. The Morgan fingerprint density at radius 2 is 1.94 bits per heavy atom. The third-order valence-electron chi connectivity index (χ3n) is 2.46. The highest BCUT2D eigenvalue weighted by atomic mass is 32.2. The first-order valence-corrected chi connectivity index (χ1v) is 6.22. The molecule has 0 fully saturated rings. The van der Waals surface area contributed by atoms with Crippen LogP contribution in [-0.4, -0.2) is 18.2 Å². The summed E-state index contributed by atoms with van der Waals surface area (Å²) in [6.07, 6.45) is 1.37. The number of hydrogen-bond acceptors (Lipinski definition) is 4. The predicted molar refractivity (Wildman–Crippen MR) is 72.6 cm³/mol. The van der Waals surface area contributed by atoms with Crippen LogP contribution in [0.3, 0.4) is 0 Å². The molecule has 0 atom stereocenters. The smallest absolute Gasteiger partial charge is 0.330 e. The Bertz CT molecular complexity index is 605. The van der Waals surface area contributed by atoms with E-state index in [1.807, 2.05) is 30.3 Å². The van der Waals surface area contributed by atoms with Gasteiger partial charge in [-0.1, -0.05) is 36.0 Å². The van der Waals surface area contributed by atoms with E-state index in [-0.39, 0.29) is 11.7 Å². The first-order chi connectivity index (χ1) is 8.72. The van der Waals surface area contributed by atoms with Gasteiger partial charge >= 0.3 is 5.97 Å². The van der Waals surface area contributed by atoms with Gasteiger partial charge in [0, 0.05) is 16.4 Å². The molecule has 0 unspecified atom stereocenters. The van der Waals surface area contributed by atoms with E-state index in [2.05, 4.69) is 4.74 Å². The van der Waals surface area contributed by atoms with Crippen molar-refractivity contribution in [1.82, 2.24) is 0 Å². The molecule has 0 radical (unpaired) electrons. The van der Waals surface area contributed by atoms with E-state index in [1.54, 1.807) is 11.5 Å². The fraction of sp³-hybridized carbons (Fsp3) is 0.0714. The zero-order valence-electron chi connectivity index (χ0n) is 9.79. The fourth-order valence-corrected chi connectivity index (χ4v) is 2.37. The summed E-state index contributed by atoms with van der Waals surface area (Å²) in [5.41, 5.74) is 0. The summed E-state index contributed by atoms with van der Waals surface area (Å²) < 4.78 is 4.52. The van der Waals surface area contributed by atoms with Gasteiger partial charge in [0.1, 0.15) is 5.75 Å². The van der Waals surface area contributed by atoms with Gasteiger partial charge in [-0.3, -0.25) is 0 Å². The molecule has 0 saturated carbocycles. The number of carbonyl (C=O) groups is 1. The van der Waals surface area contributed by atoms with Crippen LogP contribution in [0.1, 0.15) is 0 Å². The Balaban J connectivity index is 2.32. The molecule has 1 N–H and O–H groups in total. The number of hydrogen-bond donors (Lipinski definition) is 1. The molecule has 0 saturated heterocycles. The molecular weight excluding hydrogens is 248 g/mol. The largest absolute Gasteiger partial charge is 0.507 e. The molecule has 0 aromatic heterocycles. The minimum absolute atomic E-state index is 0.256. The summed E-state index contributed by atoms with van der Waals surface area (Å²) in [4.78, 5) is 11.9. The lowest BCUT2D eigenvalue weighted by Crippen LogP contribution is -1.92. The molecule has 0 aliphatic heterocycles. The molecular formula is C14H12O3S. The molecule has 18 heavy (non-hydrogen) atoms. The van der Waals surface area contributed by atoms with Gasteiger partial charge < -0.3 is 9.84 Å². The number of methoxy groups -OCH3 is 1. The van der Waals surface area contributed by atoms with E-state index in [1.165, 1.54) is 24.9 Å². The Morgan fingerprint density at radius 3 is 2.67 bits per heavy atom. The first kappa shape index (κ1) is 12.5. The third kappa shape index (κ3) is 2.65. The molecule has 0 spiro atoms. The second kappa shape index (κ2) is 5.60. The van der Waals surface area contributed by atoms with Crippen molar-refractivity contribution >= 4 is 28.5 Å². The molecule has 3 nitrogen and oxygen atoms in total. The normalized spacial score (nSPS) is 10.9. The van der Waals surface area contributed by atoms with E-state index in [4.69, 9.17) is 0 Å². The summed E-state index contributed by atoms with van der Waals surface area (Å²) in [7, 11) is 1.34. The minimum Gasteiger partial charge on any atom is -0.507 e. The van der Waals surface area contributed by atoms with Gasteiger partial charge in [0.15, 0.2) is 0 Å². The lowest BCUT2D eigenvalue weighted by atomic mass is 10.1. The van der Waals surface area contributed by atoms with Crippen LogP contribution in [0.2, 0.25) is 0 Å². The second-order valence-electron chi connectivity index (χ2n) is 3.57. The second-order valence-corrected chi connectivity index (χ2v) is 4.52. The lowest BCUT2D eigenvalue weighted by molar-refractivity contribution is -0.134. The SMILES string of the molecule is COC(=O)/C=C/Sc1ccc(O)c2ccccc12. The van der Waals surface area contributed by atoms with Gasteiger partial charge in [-0.05, 0) is 22.9 Å². The van der Waals surface area contributed by atoms with Crippen molar-refractivity contribution in [3.05, 3.63) is 47.9 Å². The number of thioether (sulfide) groups is 1. The molecule has 0 amide bonds. The number of phenolic OH excluding ortho intramolecular Hbond substituents is 1. The monoisotopic (exact) mass is 260 g/mol. The maximum Gasteiger partial charge on any atom is 0.330 e. The molecule has 92 valence electrons. The highest BCUT2D eigenvalue weighted by Gasteiger charge is 2.04. The number of phenols is 1. The van der Waals surface area contributed by atoms with Crippen LogP contribution >= 0.6 is 11.8 Å². The van der Waals surface area contributed by atoms with Gasteiger partial charge in [0.2, 0.25) is 0 Å². The van der Waals surface area contributed by atoms with Crippen molar-refractivity contribution in [2.45, 2.75) is 4.90 Å². The first-order valence-electron chi connectivity index (χ1n) is 5.34. The summed E-state index contributed by atoms with van der Waals surface area (Å²) >= 11 is 1.41. The van der Waals surface area contributed by atoms with E-state index < -0.39 is 0 Å². The zero-order valence-corrected chi connectivity index (χ0v) is 10.6. The number of fused-ring (bicyclic) bond motifs is 1. The molecule has 2 aromatic rings. The predicted octanol–water partition coefficient (Wildman–Crippen LogP) is 3.32. The molecule has 4 heteroatoms. The lowest BCUT2D eigenvalue weighted by Gasteiger charge is -2.05. The average molecular weight is 260 g/mol. The van der Waals surface area contributed by atoms with E-state index in [0.29, 0.717) is 0 Å². The van der Waals surface area contributed by atoms with Crippen molar-refractivity contribution in [1.29, 1.82) is 0 Å². The quantitative estimate of drug-likeness (QED) is 0.522. The van der Waals surface area contributed by atoms with Crippen LogP contribution in [0.15, 0.2) is 52.8 Å². The number of aromatic hydroxyl groups is 1. The van der Waals surface area contributed by atoms with Crippen molar-refractivity contribution in [2.75, 3.05) is 7.11 Å². The van der Waals surface area contributed by atoms with Gasteiger partial charge in [-0.25, -0.2) is 4.79 Å². The Hall–Kier alpha value is -1.94. The summed E-state index contributed by atoms with van der Waals surface area (Å²) in [6, 6.07) is 11.1. The Morgan fingerprint density at radius 1 is 1.22 bits per heavy atom. The maximum atomic E-state index is 11.0. The minimum atomic E-state index is -0.384. The third-order valence-corrected chi connectivity index (χ3v) is 3.34. The van der Waals surface area contributed by atoms with Crippen molar-refractivity contribution < 1.29 is 14.6 Å². The topological polar surface area (TPSA) is 46.5 Å². The summed E-state index contributed by atoms with van der Waals surface area (Å²) in [6.45, 7) is 0. The highest BCUT2D eigenvalue weighted by molar-refractivity contribution is 8.02. The van der Waals surface area contributed by atoms with Crippen LogP contribution in [0.25, 0.3) is 10.8 Å². The van der Waals surface area contributed by atoms with Gasteiger partial charge in [-0.15, -0.1) is 0 Å². The Kier molecular flexibility index (Phi) is 3.89. The standard InChI is InChI=1S/C14H12O3S/c1-17-14(16)8-9-18-13-7-6-12(15)10-4-2-3-5-11(10)13/h2-9,15H,1H3/b9-8+. The van der Waals surface area contributed by atoms with Crippen molar-refractivity contribution in [2.24, 2.45) is 0 Å². The fourth-order valence-electron chi connectivity index (χ4n) is 1.59. The van der Waals surface area contributed by atoms with Crippen molar-refractivity contribution in [3.63, 3.8) is 0 Å². The molecule has 0 heterocycles. The van der Waals surface area contributed by atoms with Crippen LogP contribution in [0.4, 0.5) is 0 Å². The Labute approximate surface area is 109 Å². The summed E-state index contributed by atoms with van der Waals surface area (Å²) in [5, 5.41) is 13.2. The van der Waals surface area contributed by atoms with Crippen molar-refractivity contribution in [3.8, 4) is 5.75 Å². The maximum absolute atomic E-state index is 11.0. The van der Waals surface area contributed by atoms with Gasteiger partial charge in [-0.2, -0.15) is 0 Å². The number of esters is 1. The van der Waals surface area contributed by atoms with Crippen LogP contribution < -0.4 is 0 Å².